The Morgan fingerprint density at radius 1 is 1.60 bits per heavy atom. The van der Waals surface area contributed by atoms with Crippen LogP contribution in [-0.2, 0) is 5.54 Å². The lowest BCUT2D eigenvalue weighted by atomic mass is 10.1. The van der Waals surface area contributed by atoms with E-state index >= 15 is 0 Å². The number of hydrogen-bond donors (Lipinski definition) is 1. The van der Waals surface area contributed by atoms with Gasteiger partial charge in [-0.05, 0) is 27.7 Å². The van der Waals surface area contributed by atoms with Gasteiger partial charge in [-0.25, -0.2) is 4.79 Å². The third kappa shape index (κ3) is 2.40. The molecule has 1 aromatic rings. The molecule has 0 aliphatic carbocycles. The number of carbonyl (C=O) groups is 1. The van der Waals surface area contributed by atoms with Crippen LogP contribution >= 0.6 is 15.9 Å². The van der Waals surface area contributed by atoms with Crippen LogP contribution in [0.5, 0.6) is 0 Å². The third-order valence-corrected chi connectivity index (χ3v) is 2.48. The largest absolute Gasteiger partial charge is 0.478 e. The highest BCUT2D eigenvalue weighted by Crippen LogP contribution is 2.29. The maximum atomic E-state index is 11.0. The van der Waals surface area contributed by atoms with E-state index in [4.69, 9.17) is 5.11 Å². The predicted octanol–water partition coefficient (Wildman–Crippen LogP) is 2.79. The van der Waals surface area contributed by atoms with Crippen molar-refractivity contribution in [2.45, 2.75) is 38.1 Å². The van der Waals surface area contributed by atoms with Crippen LogP contribution in [0.3, 0.4) is 0 Å². The van der Waals surface area contributed by atoms with Crippen LogP contribution in [0.4, 0.5) is 0 Å². The molecule has 1 atom stereocenters. The lowest BCUT2D eigenvalue weighted by Crippen LogP contribution is -2.26. The summed E-state index contributed by atoms with van der Waals surface area (Å²) in [6.45, 7) is 7.87. The molecule has 0 spiro atoms. The summed E-state index contributed by atoms with van der Waals surface area (Å²) in [7, 11) is 0. The molecule has 15 heavy (non-hydrogen) atoms. The molecule has 0 radical (unpaired) electrons. The van der Waals surface area contributed by atoms with Gasteiger partial charge < -0.3 is 5.11 Å². The van der Waals surface area contributed by atoms with Crippen LogP contribution in [0.1, 0.15) is 48.6 Å². The number of aromatic carboxylic acids is 1. The first-order valence-electron chi connectivity index (χ1n) is 4.71. The number of carboxylic acids is 1. The van der Waals surface area contributed by atoms with Crippen LogP contribution in [-0.4, -0.2) is 20.9 Å². The zero-order valence-electron chi connectivity index (χ0n) is 9.28. The summed E-state index contributed by atoms with van der Waals surface area (Å²) in [6.07, 6.45) is 1.40. The molecule has 1 unspecified atom stereocenters. The van der Waals surface area contributed by atoms with E-state index in [-0.39, 0.29) is 15.9 Å². The van der Waals surface area contributed by atoms with Crippen molar-refractivity contribution in [3.8, 4) is 0 Å². The van der Waals surface area contributed by atoms with E-state index in [9.17, 15) is 4.79 Å². The van der Waals surface area contributed by atoms with E-state index < -0.39 is 5.97 Å². The first-order valence-corrected chi connectivity index (χ1v) is 5.62. The van der Waals surface area contributed by atoms with Gasteiger partial charge in [0, 0.05) is 0 Å². The second-order valence-corrected chi connectivity index (χ2v) is 5.82. The molecule has 1 heterocycles. The van der Waals surface area contributed by atoms with E-state index in [1.807, 2.05) is 27.7 Å². The van der Waals surface area contributed by atoms with Gasteiger partial charge >= 0.3 is 5.97 Å². The Morgan fingerprint density at radius 2 is 2.13 bits per heavy atom. The third-order valence-electron chi connectivity index (χ3n) is 2.05. The van der Waals surface area contributed by atoms with Gasteiger partial charge in [0.05, 0.1) is 22.3 Å². The van der Waals surface area contributed by atoms with E-state index in [0.29, 0.717) is 5.69 Å². The van der Waals surface area contributed by atoms with Crippen molar-refractivity contribution in [2.75, 3.05) is 0 Å². The molecule has 0 aromatic carbocycles. The first kappa shape index (κ1) is 12.2. The molecule has 0 saturated heterocycles. The monoisotopic (exact) mass is 274 g/mol. The minimum absolute atomic E-state index is 0.0367. The van der Waals surface area contributed by atoms with Crippen molar-refractivity contribution in [3.63, 3.8) is 0 Å². The molecular formula is C10H15BrN2O2. The molecule has 0 amide bonds. The van der Waals surface area contributed by atoms with E-state index in [1.165, 1.54) is 6.20 Å². The van der Waals surface area contributed by atoms with Gasteiger partial charge in [0.2, 0.25) is 0 Å². The summed E-state index contributed by atoms with van der Waals surface area (Å²) in [5, 5.41) is 13.2. The van der Waals surface area contributed by atoms with Gasteiger partial charge in [0.15, 0.2) is 0 Å². The second-order valence-electron chi connectivity index (χ2n) is 4.45. The molecule has 0 saturated carbocycles. The quantitative estimate of drug-likeness (QED) is 0.844. The Morgan fingerprint density at radius 3 is 2.47 bits per heavy atom. The Hall–Kier alpha value is -0.840. The smallest absolute Gasteiger partial charge is 0.339 e. The normalized spacial score (nSPS) is 13.9. The van der Waals surface area contributed by atoms with Crippen molar-refractivity contribution in [2.24, 2.45) is 0 Å². The molecule has 0 fully saturated rings. The van der Waals surface area contributed by atoms with Crippen LogP contribution in [0.25, 0.3) is 0 Å². The Labute approximate surface area is 97.4 Å². The number of alkyl halides is 1. The summed E-state index contributed by atoms with van der Waals surface area (Å²) in [5.74, 6) is -0.938. The van der Waals surface area contributed by atoms with E-state index in [0.717, 1.165) is 0 Å². The van der Waals surface area contributed by atoms with Crippen molar-refractivity contribution in [1.82, 2.24) is 9.78 Å². The standard InChI is InChI=1S/C10H15BrN2O2/c1-6(11)8-7(9(14)15)5-12-13(8)10(2,3)4/h5-6H,1-4H3,(H,14,15). The van der Waals surface area contributed by atoms with E-state index in [1.54, 1.807) is 4.68 Å². The molecular weight excluding hydrogens is 260 g/mol. The zero-order valence-corrected chi connectivity index (χ0v) is 10.9. The Balaban J connectivity index is 3.37. The molecule has 1 aromatic heterocycles. The van der Waals surface area contributed by atoms with Crippen LogP contribution in [0, 0.1) is 0 Å². The average Bonchev–Trinajstić information content (AvgIpc) is 2.45. The van der Waals surface area contributed by atoms with Crippen molar-refractivity contribution in [1.29, 1.82) is 0 Å². The highest BCUT2D eigenvalue weighted by Gasteiger charge is 2.26. The summed E-state index contributed by atoms with van der Waals surface area (Å²) in [5.41, 5.74) is 0.745. The number of carboxylic acid groups (broad SMARTS) is 1. The number of aromatic nitrogens is 2. The van der Waals surface area contributed by atoms with Gasteiger partial charge in [-0.1, -0.05) is 15.9 Å². The lowest BCUT2D eigenvalue weighted by Gasteiger charge is -2.23. The molecule has 0 bridgehead atoms. The molecule has 4 nitrogen and oxygen atoms in total. The zero-order chi connectivity index (χ0) is 11.8. The second kappa shape index (κ2) is 3.96. The van der Waals surface area contributed by atoms with Crippen molar-refractivity contribution >= 4 is 21.9 Å². The van der Waals surface area contributed by atoms with Gasteiger partial charge in [0.25, 0.3) is 0 Å². The maximum absolute atomic E-state index is 11.0. The van der Waals surface area contributed by atoms with Gasteiger partial charge in [0.1, 0.15) is 5.56 Å². The Bertz CT molecular complexity index is 377. The minimum atomic E-state index is -0.938. The number of rotatable bonds is 2. The molecule has 1 N–H and O–H groups in total. The van der Waals surface area contributed by atoms with Crippen molar-refractivity contribution < 1.29 is 9.90 Å². The number of nitrogens with zero attached hydrogens (tertiary/aromatic N) is 2. The predicted molar refractivity (Wildman–Crippen MR) is 61.5 cm³/mol. The molecule has 1 rings (SSSR count). The maximum Gasteiger partial charge on any atom is 0.339 e. The lowest BCUT2D eigenvalue weighted by molar-refractivity contribution is 0.0695. The topological polar surface area (TPSA) is 55.1 Å². The molecule has 5 heteroatoms. The highest BCUT2D eigenvalue weighted by atomic mass is 79.9. The van der Waals surface area contributed by atoms with Crippen LogP contribution in [0.15, 0.2) is 6.20 Å². The summed E-state index contributed by atoms with van der Waals surface area (Å²) in [4.78, 5) is 11.0. The van der Waals surface area contributed by atoms with Gasteiger partial charge in [-0.15, -0.1) is 0 Å². The van der Waals surface area contributed by atoms with Gasteiger partial charge in [-0.3, -0.25) is 4.68 Å². The van der Waals surface area contributed by atoms with Crippen LogP contribution in [0.2, 0.25) is 0 Å². The fraction of sp³-hybridized carbons (Fsp3) is 0.600. The number of halogens is 1. The van der Waals surface area contributed by atoms with E-state index in [2.05, 4.69) is 21.0 Å². The van der Waals surface area contributed by atoms with Crippen molar-refractivity contribution in [3.05, 3.63) is 17.5 Å². The molecule has 0 aliphatic rings. The molecule has 84 valence electrons. The average molecular weight is 275 g/mol. The van der Waals surface area contributed by atoms with Gasteiger partial charge in [-0.2, -0.15) is 5.10 Å². The SMILES string of the molecule is CC(Br)c1c(C(=O)O)cnn1C(C)(C)C. The fourth-order valence-corrected chi connectivity index (χ4v) is 1.88. The summed E-state index contributed by atoms with van der Waals surface area (Å²) < 4.78 is 1.75. The number of hydrogen-bond acceptors (Lipinski definition) is 2. The van der Waals surface area contributed by atoms with Crippen LogP contribution < -0.4 is 0 Å². The highest BCUT2D eigenvalue weighted by molar-refractivity contribution is 9.09. The summed E-state index contributed by atoms with van der Waals surface area (Å²) >= 11 is 3.40. The Kier molecular flexibility index (Phi) is 3.23. The molecule has 0 aliphatic heterocycles. The summed E-state index contributed by atoms with van der Waals surface area (Å²) in [6, 6.07) is 0. The first-order chi connectivity index (χ1) is 6.75. The fourth-order valence-electron chi connectivity index (χ4n) is 1.44. The minimum Gasteiger partial charge on any atom is -0.478 e.